The van der Waals surface area contributed by atoms with Crippen LogP contribution in [0.4, 0.5) is 0 Å². The molecule has 1 heterocycles. The molecule has 0 N–H and O–H groups in total. The minimum atomic E-state index is 0.491. The van der Waals surface area contributed by atoms with Crippen molar-refractivity contribution in [3.63, 3.8) is 0 Å². The van der Waals surface area contributed by atoms with Crippen LogP contribution < -0.4 is 9.47 Å². The van der Waals surface area contributed by atoms with E-state index >= 15 is 0 Å². The van der Waals surface area contributed by atoms with Crippen molar-refractivity contribution in [3.05, 3.63) is 27.4 Å². The van der Waals surface area contributed by atoms with Crippen molar-refractivity contribution < 1.29 is 9.47 Å². The van der Waals surface area contributed by atoms with Gasteiger partial charge in [0.2, 0.25) is 0 Å². The summed E-state index contributed by atoms with van der Waals surface area (Å²) in [5.41, 5.74) is 2.86. The number of aromatic nitrogens is 1. The van der Waals surface area contributed by atoms with Gasteiger partial charge < -0.3 is 9.47 Å². The summed E-state index contributed by atoms with van der Waals surface area (Å²) < 4.78 is 10.7. The topological polar surface area (TPSA) is 31.4 Å². The van der Waals surface area contributed by atoms with Gasteiger partial charge in [0.05, 0.1) is 24.3 Å². The summed E-state index contributed by atoms with van der Waals surface area (Å²) in [4.78, 5) is 4.67. The second kappa shape index (κ2) is 4.73. The van der Waals surface area contributed by atoms with E-state index in [-0.39, 0.29) is 0 Å². The number of ether oxygens (including phenoxy) is 2. The highest BCUT2D eigenvalue weighted by Gasteiger charge is 2.23. The fourth-order valence-electron chi connectivity index (χ4n) is 2.59. The number of benzene rings is 1. The van der Waals surface area contributed by atoms with Gasteiger partial charge in [-0.05, 0) is 24.8 Å². The van der Waals surface area contributed by atoms with Crippen LogP contribution in [0.3, 0.4) is 0 Å². The van der Waals surface area contributed by atoms with E-state index in [9.17, 15) is 0 Å². The molecule has 0 unspecified atom stereocenters. The van der Waals surface area contributed by atoms with Gasteiger partial charge in [0, 0.05) is 17.1 Å². The van der Waals surface area contributed by atoms with Gasteiger partial charge in [0.15, 0.2) is 0 Å². The van der Waals surface area contributed by atoms with Crippen LogP contribution in [0, 0.1) is 0 Å². The van der Waals surface area contributed by atoms with Crippen molar-refractivity contribution in [2.75, 3.05) is 14.2 Å². The first-order valence-electron chi connectivity index (χ1n) is 6.08. The Morgan fingerprint density at radius 2 is 1.79 bits per heavy atom. The number of pyridine rings is 1. The maximum absolute atomic E-state index is 6.51. The molecule has 1 aromatic carbocycles. The molecule has 3 rings (SSSR count). The summed E-state index contributed by atoms with van der Waals surface area (Å²) in [7, 11) is 3.17. The minimum Gasteiger partial charge on any atom is -0.495 e. The summed E-state index contributed by atoms with van der Waals surface area (Å²) in [5, 5.41) is 1.89. The SMILES string of the molecule is COc1cc(OC)c2nc3c(c(Cl)c2c1Cl)CCC3. The van der Waals surface area contributed by atoms with Crippen LogP contribution in [0.2, 0.25) is 10.0 Å². The Hall–Kier alpha value is -1.19. The van der Waals surface area contributed by atoms with Gasteiger partial charge in [0.25, 0.3) is 0 Å². The van der Waals surface area contributed by atoms with Gasteiger partial charge in [-0.1, -0.05) is 23.2 Å². The van der Waals surface area contributed by atoms with Crippen molar-refractivity contribution in [1.82, 2.24) is 4.98 Å². The number of methoxy groups -OCH3 is 2. The minimum absolute atomic E-state index is 0.491. The third-order valence-corrected chi connectivity index (χ3v) is 4.32. The van der Waals surface area contributed by atoms with E-state index in [0.717, 1.165) is 35.9 Å². The molecular formula is C14H13Cl2NO2. The summed E-state index contributed by atoms with van der Waals surface area (Å²) in [5.74, 6) is 1.18. The molecular weight excluding hydrogens is 285 g/mol. The first-order valence-corrected chi connectivity index (χ1v) is 6.84. The molecule has 5 heteroatoms. The van der Waals surface area contributed by atoms with E-state index in [2.05, 4.69) is 4.98 Å². The van der Waals surface area contributed by atoms with Crippen LogP contribution in [0.1, 0.15) is 17.7 Å². The number of rotatable bonds is 2. The average Bonchev–Trinajstić information content (AvgIpc) is 2.88. The Balaban J connectivity index is 2.45. The third kappa shape index (κ3) is 1.84. The van der Waals surface area contributed by atoms with E-state index in [4.69, 9.17) is 32.7 Å². The average molecular weight is 298 g/mol. The Labute approximate surface area is 121 Å². The van der Waals surface area contributed by atoms with Crippen LogP contribution in [0.15, 0.2) is 6.07 Å². The Morgan fingerprint density at radius 3 is 2.47 bits per heavy atom. The van der Waals surface area contributed by atoms with Crippen LogP contribution in [-0.4, -0.2) is 19.2 Å². The second-order valence-corrected chi connectivity index (χ2v) is 5.28. The highest BCUT2D eigenvalue weighted by molar-refractivity contribution is 6.43. The zero-order chi connectivity index (χ0) is 13.6. The fraction of sp³-hybridized carbons (Fsp3) is 0.357. The molecule has 3 nitrogen and oxygen atoms in total. The Morgan fingerprint density at radius 1 is 1.05 bits per heavy atom. The highest BCUT2D eigenvalue weighted by Crippen LogP contribution is 2.44. The molecule has 1 aromatic heterocycles. The summed E-state index contributed by atoms with van der Waals surface area (Å²) in [6.07, 6.45) is 2.99. The van der Waals surface area contributed by atoms with Crippen molar-refractivity contribution in [3.8, 4) is 11.5 Å². The molecule has 0 bridgehead atoms. The number of nitrogens with zero attached hydrogens (tertiary/aromatic N) is 1. The van der Waals surface area contributed by atoms with E-state index in [0.29, 0.717) is 27.1 Å². The molecule has 1 aliphatic rings. The molecule has 19 heavy (non-hydrogen) atoms. The van der Waals surface area contributed by atoms with E-state index in [1.165, 1.54) is 0 Å². The maximum Gasteiger partial charge on any atom is 0.148 e. The zero-order valence-corrected chi connectivity index (χ0v) is 12.2. The zero-order valence-electron chi connectivity index (χ0n) is 10.7. The van der Waals surface area contributed by atoms with Gasteiger partial charge in [0.1, 0.15) is 17.0 Å². The number of hydrogen-bond acceptors (Lipinski definition) is 3. The van der Waals surface area contributed by atoms with Crippen LogP contribution in [0.5, 0.6) is 11.5 Å². The molecule has 1 aliphatic carbocycles. The van der Waals surface area contributed by atoms with Crippen molar-refractivity contribution in [1.29, 1.82) is 0 Å². The molecule has 0 saturated carbocycles. The molecule has 0 atom stereocenters. The smallest absolute Gasteiger partial charge is 0.148 e. The van der Waals surface area contributed by atoms with E-state index in [1.54, 1.807) is 20.3 Å². The lowest BCUT2D eigenvalue weighted by molar-refractivity contribution is 0.397. The fourth-order valence-corrected chi connectivity index (χ4v) is 3.34. The molecule has 0 amide bonds. The monoisotopic (exact) mass is 297 g/mol. The molecule has 0 spiro atoms. The molecule has 0 saturated heterocycles. The van der Waals surface area contributed by atoms with Gasteiger partial charge in [-0.2, -0.15) is 0 Å². The molecule has 2 aromatic rings. The second-order valence-electron chi connectivity index (χ2n) is 4.52. The maximum atomic E-state index is 6.51. The predicted octanol–water partition coefficient (Wildman–Crippen LogP) is 4.05. The van der Waals surface area contributed by atoms with Gasteiger partial charge in [-0.15, -0.1) is 0 Å². The van der Waals surface area contributed by atoms with Crippen LogP contribution in [-0.2, 0) is 12.8 Å². The van der Waals surface area contributed by atoms with Crippen molar-refractivity contribution in [2.45, 2.75) is 19.3 Å². The first-order chi connectivity index (χ1) is 9.17. The standard InChI is InChI=1S/C14H13Cl2NO2/c1-18-9-6-10(19-2)14-11(13(9)16)12(15)7-4-3-5-8(7)17-14/h6H,3-5H2,1-2H3. The van der Waals surface area contributed by atoms with E-state index in [1.807, 2.05) is 0 Å². The largest absolute Gasteiger partial charge is 0.495 e. The quantitative estimate of drug-likeness (QED) is 0.838. The lowest BCUT2D eigenvalue weighted by atomic mass is 10.1. The Kier molecular flexibility index (Phi) is 3.19. The van der Waals surface area contributed by atoms with E-state index < -0.39 is 0 Å². The molecule has 0 radical (unpaired) electrons. The molecule has 0 aliphatic heterocycles. The molecule has 100 valence electrons. The number of halogens is 2. The number of aryl methyl sites for hydroxylation is 1. The molecule has 0 fully saturated rings. The van der Waals surface area contributed by atoms with Gasteiger partial charge in [-0.25, -0.2) is 4.98 Å². The third-order valence-electron chi connectivity index (χ3n) is 3.53. The first kappa shape index (κ1) is 12.8. The van der Waals surface area contributed by atoms with Crippen molar-refractivity contribution >= 4 is 34.1 Å². The lowest BCUT2D eigenvalue weighted by Crippen LogP contribution is -1.97. The number of hydrogen-bond donors (Lipinski definition) is 0. The Bertz CT molecular complexity index is 671. The normalized spacial score (nSPS) is 13.7. The lowest BCUT2D eigenvalue weighted by Gasteiger charge is -2.14. The highest BCUT2D eigenvalue weighted by atomic mass is 35.5. The van der Waals surface area contributed by atoms with Crippen molar-refractivity contribution in [2.24, 2.45) is 0 Å². The summed E-state index contributed by atoms with van der Waals surface area (Å²) in [6.45, 7) is 0. The van der Waals surface area contributed by atoms with Gasteiger partial charge >= 0.3 is 0 Å². The van der Waals surface area contributed by atoms with Gasteiger partial charge in [-0.3, -0.25) is 0 Å². The van der Waals surface area contributed by atoms with Crippen LogP contribution >= 0.6 is 23.2 Å². The summed E-state index contributed by atoms with van der Waals surface area (Å²) >= 11 is 12.9. The van der Waals surface area contributed by atoms with Crippen LogP contribution in [0.25, 0.3) is 10.9 Å². The number of fused-ring (bicyclic) bond motifs is 2. The summed E-state index contributed by atoms with van der Waals surface area (Å²) in [6, 6.07) is 1.75. The predicted molar refractivity (Wildman–Crippen MR) is 76.9 cm³/mol.